The molecule has 184 valence electrons. The summed E-state index contributed by atoms with van der Waals surface area (Å²) in [6.07, 6.45) is 8.54. The van der Waals surface area contributed by atoms with Gasteiger partial charge in [-0.15, -0.1) is 0 Å². The number of hydrogen-bond acceptors (Lipinski definition) is 4. The Morgan fingerprint density at radius 1 is 1.00 bits per heavy atom. The Labute approximate surface area is 207 Å². The lowest BCUT2D eigenvalue weighted by molar-refractivity contribution is -0.138. The average molecular weight is 476 g/mol. The van der Waals surface area contributed by atoms with Crippen LogP contribution in [0.25, 0.3) is 0 Å². The highest BCUT2D eigenvalue weighted by molar-refractivity contribution is 5.82. The number of amides is 1. The van der Waals surface area contributed by atoms with Gasteiger partial charge >= 0.3 is 0 Å². The van der Waals surface area contributed by atoms with Crippen molar-refractivity contribution in [2.45, 2.75) is 51.2 Å². The summed E-state index contributed by atoms with van der Waals surface area (Å²) < 4.78 is 19.1. The molecule has 4 rings (SSSR count). The van der Waals surface area contributed by atoms with E-state index in [0.29, 0.717) is 26.1 Å². The van der Waals surface area contributed by atoms with Crippen molar-refractivity contribution in [3.8, 4) is 5.75 Å². The van der Waals surface area contributed by atoms with Crippen molar-refractivity contribution < 1.29 is 13.9 Å². The molecule has 2 aromatic carbocycles. The Kier molecular flexibility index (Phi) is 8.85. The molecular formula is C29H34FN3O2. The van der Waals surface area contributed by atoms with E-state index in [2.05, 4.69) is 16.9 Å². The van der Waals surface area contributed by atoms with Gasteiger partial charge in [0.25, 0.3) is 0 Å². The third-order valence-electron chi connectivity index (χ3n) is 6.58. The fourth-order valence-electron chi connectivity index (χ4n) is 4.59. The number of likely N-dealkylation sites (tertiary alicyclic amines) is 1. The summed E-state index contributed by atoms with van der Waals surface area (Å²) in [4.78, 5) is 22.0. The molecule has 0 radical (unpaired) electrons. The second-order valence-corrected chi connectivity index (χ2v) is 9.27. The second-order valence-electron chi connectivity index (χ2n) is 9.27. The predicted octanol–water partition coefficient (Wildman–Crippen LogP) is 5.25. The first-order chi connectivity index (χ1) is 17.1. The summed E-state index contributed by atoms with van der Waals surface area (Å²) in [6.45, 7) is 2.51. The molecule has 5 nitrogen and oxygen atoms in total. The zero-order chi connectivity index (χ0) is 24.5. The quantitative estimate of drug-likeness (QED) is 0.424. The van der Waals surface area contributed by atoms with Crippen LogP contribution >= 0.6 is 0 Å². The molecule has 0 bridgehead atoms. The maximum absolute atomic E-state index is 13.7. The van der Waals surface area contributed by atoms with Crippen LogP contribution in [0.4, 0.5) is 4.39 Å². The molecule has 1 amide bonds. The van der Waals surface area contributed by atoms with Crippen LogP contribution in [0.1, 0.15) is 42.4 Å². The Hall–Kier alpha value is -3.25. The van der Waals surface area contributed by atoms with E-state index >= 15 is 0 Å². The molecule has 0 N–H and O–H groups in total. The minimum Gasteiger partial charge on any atom is -0.493 e. The largest absolute Gasteiger partial charge is 0.493 e. The Balaban J connectivity index is 1.44. The van der Waals surface area contributed by atoms with Gasteiger partial charge in [0.05, 0.1) is 12.6 Å². The first-order valence-electron chi connectivity index (χ1n) is 12.4. The van der Waals surface area contributed by atoms with Crippen LogP contribution in [0.15, 0.2) is 73.1 Å². The van der Waals surface area contributed by atoms with Crippen molar-refractivity contribution in [1.82, 2.24) is 14.8 Å². The van der Waals surface area contributed by atoms with Crippen LogP contribution in [-0.2, 0) is 24.3 Å². The van der Waals surface area contributed by atoms with Crippen molar-refractivity contribution in [3.05, 3.63) is 95.6 Å². The molecule has 0 saturated carbocycles. The fourth-order valence-corrected chi connectivity index (χ4v) is 4.59. The number of pyridine rings is 1. The van der Waals surface area contributed by atoms with E-state index in [9.17, 15) is 9.18 Å². The summed E-state index contributed by atoms with van der Waals surface area (Å²) in [5, 5.41) is 0. The maximum atomic E-state index is 13.7. The molecule has 1 atom stereocenters. The summed E-state index contributed by atoms with van der Waals surface area (Å²) in [7, 11) is 2.06. The van der Waals surface area contributed by atoms with Crippen LogP contribution in [0.2, 0.25) is 0 Å². The van der Waals surface area contributed by atoms with Gasteiger partial charge in [0, 0.05) is 31.9 Å². The van der Waals surface area contributed by atoms with E-state index in [4.69, 9.17) is 4.74 Å². The number of nitrogens with zero attached hydrogens (tertiary/aromatic N) is 3. The normalized spacial score (nSPS) is 16.5. The SMILES string of the molecule is CN1CCCCC[C@H]1C(=O)N(Cc1ccncc1)Cc1cccc(OCCc2ccc(F)cc2)c1. The van der Waals surface area contributed by atoms with E-state index in [1.54, 1.807) is 24.5 Å². The van der Waals surface area contributed by atoms with Gasteiger partial charge in [-0.25, -0.2) is 4.39 Å². The van der Waals surface area contributed by atoms with Crippen LogP contribution < -0.4 is 4.74 Å². The van der Waals surface area contributed by atoms with Crippen molar-refractivity contribution in [2.24, 2.45) is 0 Å². The van der Waals surface area contributed by atoms with Gasteiger partial charge in [-0.3, -0.25) is 14.7 Å². The first-order valence-corrected chi connectivity index (χ1v) is 12.4. The highest BCUT2D eigenvalue weighted by atomic mass is 19.1. The monoisotopic (exact) mass is 475 g/mol. The molecule has 0 unspecified atom stereocenters. The number of carbonyl (C=O) groups excluding carboxylic acids is 1. The molecule has 1 saturated heterocycles. The first kappa shape index (κ1) is 24.9. The molecule has 6 heteroatoms. The van der Waals surface area contributed by atoms with Gasteiger partial charge in [-0.1, -0.05) is 37.1 Å². The topological polar surface area (TPSA) is 45.7 Å². The standard InChI is InChI=1S/C29H34FN3O2/c1-32-18-4-2-3-8-28(32)29(34)33(21-24-13-16-31-17-14-24)22-25-6-5-7-27(20-25)35-19-15-23-9-11-26(30)12-10-23/h5-7,9-14,16-17,20,28H,2-4,8,15,18-19,21-22H2,1H3/t28-/m0/s1. The molecule has 1 fully saturated rings. The van der Waals surface area contributed by atoms with Crippen molar-refractivity contribution in [3.63, 3.8) is 0 Å². The number of rotatable bonds is 9. The van der Waals surface area contributed by atoms with Crippen LogP contribution in [0.3, 0.4) is 0 Å². The molecule has 0 aliphatic carbocycles. The van der Waals surface area contributed by atoms with Gasteiger partial charge in [0.15, 0.2) is 0 Å². The van der Waals surface area contributed by atoms with Gasteiger partial charge in [0.1, 0.15) is 11.6 Å². The third-order valence-corrected chi connectivity index (χ3v) is 6.58. The lowest BCUT2D eigenvalue weighted by atomic mass is 10.1. The number of carbonyl (C=O) groups is 1. The van der Waals surface area contributed by atoms with Gasteiger partial charge in [0.2, 0.25) is 5.91 Å². The van der Waals surface area contributed by atoms with E-state index in [-0.39, 0.29) is 17.8 Å². The lowest BCUT2D eigenvalue weighted by Gasteiger charge is -2.31. The fraction of sp³-hybridized carbons (Fsp3) is 0.379. The Morgan fingerprint density at radius 2 is 1.77 bits per heavy atom. The number of likely N-dealkylation sites (N-methyl/N-ethyl adjacent to an activating group) is 1. The van der Waals surface area contributed by atoms with Crippen molar-refractivity contribution in [1.29, 1.82) is 0 Å². The van der Waals surface area contributed by atoms with Gasteiger partial charge in [-0.05, 0) is 79.5 Å². The molecular weight excluding hydrogens is 441 g/mol. The van der Waals surface area contributed by atoms with Crippen molar-refractivity contribution >= 4 is 5.91 Å². The van der Waals surface area contributed by atoms with E-state index in [0.717, 1.165) is 48.2 Å². The highest BCUT2D eigenvalue weighted by Crippen LogP contribution is 2.21. The lowest BCUT2D eigenvalue weighted by Crippen LogP contribution is -2.46. The number of ether oxygens (including phenoxy) is 1. The average Bonchev–Trinajstić information content (AvgIpc) is 3.09. The molecule has 1 aromatic heterocycles. The van der Waals surface area contributed by atoms with E-state index < -0.39 is 0 Å². The molecule has 3 aromatic rings. The van der Waals surface area contributed by atoms with Crippen LogP contribution in [0.5, 0.6) is 5.75 Å². The Bertz CT molecular complexity index is 1070. The zero-order valence-electron chi connectivity index (χ0n) is 20.4. The van der Waals surface area contributed by atoms with Crippen LogP contribution in [0, 0.1) is 5.82 Å². The smallest absolute Gasteiger partial charge is 0.240 e. The molecule has 1 aliphatic heterocycles. The number of benzene rings is 2. The third kappa shape index (κ3) is 7.36. The minimum atomic E-state index is -0.233. The number of halogens is 1. The van der Waals surface area contributed by atoms with Gasteiger partial charge in [-0.2, -0.15) is 0 Å². The van der Waals surface area contributed by atoms with E-state index in [1.165, 1.54) is 18.6 Å². The maximum Gasteiger partial charge on any atom is 0.240 e. The summed E-state index contributed by atoms with van der Waals surface area (Å²) >= 11 is 0. The van der Waals surface area contributed by atoms with Gasteiger partial charge < -0.3 is 9.64 Å². The zero-order valence-corrected chi connectivity index (χ0v) is 20.4. The number of hydrogen-bond donors (Lipinski definition) is 0. The molecule has 2 heterocycles. The highest BCUT2D eigenvalue weighted by Gasteiger charge is 2.29. The summed E-state index contributed by atoms with van der Waals surface area (Å²) in [5.74, 6) is 0.713. The van der Waals surface area contributed by atoms with E-state index in [1.807, 2.05) is 41.3 Å². The summed E-state index contributed by atoms with van der Waals surface area (Å²) in [6, 6.07) is 18.3. The second kappa shape index (κ2) is 12.5. The minimum absolute atomic E-state index is 0.0884. The molecule has 35 heavy (non-hydrogen) atoms. The molecule has 1 aliphatic rings. The Morgan fingerprint density at radius 3 is 2.57 bits per heavy atom. The number of aromatic nitrogens is 1. The van der Waals surface area contributed by atoms with Crippen molar-refractivity contribution in [2.75, 3.05) is 20.2 Å². The predicted molar refractivity (Wildman–Crippen MR) is 135 cm³/mol. The summed E-state index contributed by atoms with van der Waals surface area (Å²) in [5.41, 5.74) is 3.13. The molecule has 0 spiro atoms. The van der Waals surface area contributed by atoms with Crippen LogP contribution in [-0.4, -0.2) is 46.9 Å².